The average Bonchev–Trinajstić information content (AvgIpc) is 3.66. The summed E-state index contributed by atoms with van der Waals surface area (Å²) in [6, 6.07) is 4.98. The lowest BCUT2D eigenvalue weighted by molar-refractivity contribution is -0.137. The summed E-state index contributed by atoms with van der Waals surface area (Å²) >= 11 is 0. The molecule has 0 bridgehead atoms. The third-order valence-corrected chi connectivity index (χ3v) is 8.79. The lowest BCUT2D eigenvalue weighted by Crippen LogP contribution is -2.49. The Morgan fingerprint density at radius 3 is 2.65 bits per heavy atom. The maximum atomic E-state index is 14.2. The minimum atomic E-state index is -4.56. The number of nitriles is 1. The molecule has 1 N–H and O–H groups in total. The first-order valence-corrected chi connectivity index (χ1v) is 14.4. The fraction of sp³-hybridized carbons (Fsp3) is 0.467. The number of alkyl halides is 3. The Labute approximate surface area is 247 Å². The van der Waals surface area contributed by atoms with Gasteiger partial charge in [-0.3, -0.25) is 9.89 Å². The third-order valence-electron chi connectivity index (χ3n) is 8.79. The molecular formula is C30H33F3N8O2. The maximum absolute atomic E-state index is 14.2. The number of hydrogen-bond donors (Lipinski definition) is 1. The lowest BCUT2D eigenvalue weighted by atomic mass is 9.96. The Morgan fingerprint density at radius 2 is 1.98 bits per heavy atom. The first-order chi connectivity index (χ1) is 20.7. The number of amides is 1. The molecule has 226 valence electrons. The Morgan fingerprint density at radius 1 is 1.19 bits per heavy atom. The van der Waals surface area contributed by atoms with E-state index in [0.29, 0.717) is 73.6 Å². The van der Waals surface area contributed by atoms with Crippen LogP contribution in [0.3, 0.4) is 0 Å². The van der Waals surface area contributed by atoms with Gasteiger partial charge in [-0.05, 0) is 51.1 Å². The highest BCUT2D eigenvalue weighted by Gasteiger charge is 2.38. The van der Waals surface area contributed by atoms with Crippen LogP contribution >= 0.6 is 0 Å². The van der Waals surface area contributed by atoms with Crippen molar-refractivity contribution in [3.8, 4) is 11.9 Å². The Bertz CT molecular complexity index is 1590. The summed E-state index contributed by atoms with van der Waals surface area (Å²) in [5.41, 5.74) is 2.27. The number of aromatic amines is 1. The maximum Gasteiger partial charge on any atom is 0.418 e. The second-order valence-corrected chi connectivity index (χ2v) is 11.2. The number of rotatable bonds is 6. The zero-order valence-corrected chi connectivity index (χ0v) is 24.0. The molecule has 0 saturated carbocycles. The van der Waals surface area contributed by atoms with Gasteiger partial charge in [-0.1, -0.05) is 6.58 Å². The standard InChI is InChI=1S/C30H33F3N8O2/c1-3-26(42)39-11-13-40(14-12-39)27-20-8-10-41(28-22-16-35-37-24(22)7-6-23(28)30(31,32)33)17-25(20)36-29(21(27)15-34)43-18-19-5-4-9-38(19)2/h3,6-7,16,19H,1,4-5,8-14,17-18H2,2H3,(H,35,37). The minimum Gasteiger partial charge on any atom is -0.475 e. The second-order valence-electron chi connectivity index (χ2n) is 11.2. The van der Waals surface area contributed by atoms with Gasteiger partial charge in [0.25, 0.3) is 0 Å². The highest BCUT2D eigenvalue weighted by Crippen LogP contribution is 2.44. The SMILES string of the molecule is C=CC(=O)N1CCN(c2c(C#N)c(OCC3CCCN3C)nc3c2CCN(c2c(C(F)(F)F)ccc4[nH]ncc24)C3)CC1. The molecule has 1 amide bonds. The van der Waals surface area contributed by atoms with Crippen LogP contribution in [-0.2, 0) is 23.9 Å². The monoisotopic (exact) mass is 594 g/mol. The number of piperazine rings is 1. The van der Waals surface area contributed by atoms with Gasteiger partial charge in [0, 0.05) is 49.7 Å². The van der Waals surface area contributed by atoms with Gasteiger partial charge < -0.3 is 24.3 Å². The molecule has 10 nitrogen and oxygen atoms in total. The number of aromatic nitrogens is 3. The van der Waals surface area contributed by atoms with Crippen LogP contribution in [0.1, 0.15) is 35.2 Å². The lowest BCUT2D eigenvalue weighted by Gasteiger charge is -2.39. The number of benzene rings is 1. The zero-order chi connectivity index (χ0) is 30.3. The van der Waals surface area contributed by atoms with E-state index < -0.39 is 11.7 Å². The molecule has 3 aromatic rings. The van der Waals surface area contributed by atoms with Crippen LogP contribution in [0.15, 0.2) is 31.0 Å². The van der Waals surface area contributed by atoms with Crippen LogP contribution < -0.4 is 14.5 Å². The molecular weight excluding hydrogens is 561 g/mol. The Kier molecular flexibility index (Phi) is 7.64. The van der Waals surface area contributed by atoms with Gasteiger partial charge >= 0.3 is 6.18 Å². The number of nitrogens with zero attached hydrogens (tertiary/aromatic N) is 7. The molecule has 2 saturated heterocycles. The van der Waals surface area contributed by atoms with E-state index in [1.807, 2.05) is 7.05 Å². The van der Waals surface area contributed by atoms with E-state index in [-0.39, 0.29) is 30.1 Å². The molecule has 1 atom stereocenters. The Hall–Kier alpha value is -4.31. The molecule has 6 rings (SSSR count). The van der Waals surface area contributed by atoms with Crippen molar-refractivity contribution in [2.45, 2.75) is 38.0 Å². The average molecular weight is 595 g/mol. The fourth-order valence-corrected chi connectivity index (χ4v) is 6.50. The smallest absolute Gasteiger partial charge is 0.418 e. The fourth-order valence-electron chi connectivity index (χ4n) is 6.50. The minimum absolute atomic E-state index is 0.0590. The van der Waals surface area contributed by atoms with E-state index in [4.69, 9.17) is 9.72 Å². The molecule has 5 heterocycles. The van der Waals surface area contributed by atoms with Crippen LogP contribution in [0.25, 0.3) is 10.9 Å². The third kappa shape index (κ3) is 5.35. The van der Waals surface area contributed by atoms with E-state index in [0.717, 1.165) is 31.0 Å². The number of anilines is 2. The van der Waals surface area contributed by atoms with Gasteiger partial charge in [0.15, 0.2) is 0 Å². The largest absolute Gasteiger partial charge is 0.475 e. The van der Waals surface area contributed by atoms with Crippen molar-refractivity contribution >= 4 is 28.2 Å². The van der Waals surface area contributed by atoms with Crippen molar-refractivity contribution in [3.63, 3.8) is 0 Å². The summed E-state index contributed by atoms with van der Waals surface area (Å²) in [4.78, 5) is 24.7. The number of carbonyl (C=O) groups excluding carboxylic acids is 1. The predicted molar refractivity (Wildman–Crippen MR) is 155 cm³/mol. The van der Waals surface area contributed by atoms with E-state index in [9.17, 15) is 23.2 Å². The van der Waals surface area contributed by atoms with E-state index in [1.54, 1.807) is 9.80 Å². The summed E-state index contributed by atoms with van der Waals surface area (Å²) in [6.07, 6.45) is 0.564. The van der Waals surface area contributed by atoms with Crippen LogP contribution in [0.5, 0.6) is 5.88 Å². The second kappa shape index (κ2) is 11.4. The number of pyridine rings is 1. The quantitative estimate of drug-likeness (QED) is 0.431. The summed E-state index contributed by atoms with van der Waals surface area (Å²) in [5.74, 6) is 0.0479. The highest BCUT2D eigenvalue weighted by molar-refractivity contribution is 5.94. The predicted octanol–water partition coefficient (Wildman–Crippen LogP) is 3.72. The van der Waals surface area contributed by atoms with Crippen LogP contribution in [-0.4, -0.2) is 89.9 Å². The Balaban J connectivity index is 1.40. The van der Waals surface area contributed by atoms with Crippen molar-refractivity contribution in [2.75, 3.05) is 62.7 Å². The highest BCUT2D eigenvalue weighted by atomic mass is 19.4. The van der Waals surface area contributed by atoms with Crippen molar-refractivity contribution in [1.82, 2.24) is 25.0 Å². The summed E-state index contributed by atoms with van der Waals surface area (Å²) in [6.45, 7) is 7.20. The molecule has 43 heavy (non-hydrogen) atoms. The summed E-state index contributed by atoms with van der Waals surface area (Å²) in [5, 5.41) is 17.5. The molecule has 0 radical (unpaired) electrons. The molecule has 1 unspecified atom stereocenters. The molecule has 13 heteroatoms. The molecule has 2 aromatic heterocycles. The van der Waals surface area contributed by atoms with Crippen LogP contribution in [0, 0.1) is 11.3 Å². The normalized spacial score (nSPS) is 19.4. The number of carbonyl (C=O) groups is 1. The number of likely N-dealkylation sites (N-methyl/N-ethyl adjacent to an activating group) is 1. The number of halogens is 3. The number of hydrogen-bond acceptors (Lipinski definition) is 8. The molecule has 3 aliphatic rings. The van der Waals surface area contributed by atoms with Crippen molar-refractivity contribution in [3.05, 3.63) is 53.4 Å². The van der Waals surface area contributed by atoms with Crippen LogP contribution in [0.2, 0.25) is 0 Å². The summed E-state index contributed by atoms with van der Waals surface area (Å²) < 4.78 is 48.9. The van der Waals surface area contributed by atoms with E-state index in [2.05, 4.69) is 32.6 Å². The molecule has 1 aromatic carbocycles. The van der Waals surface area contributed by atoms with Gasteiger partial charge in [0.1, 0.15) is 18.2 Å². The van der Waals surface area contributed by atoms with Crippen molar-refractivity contribution in [1.29, 1.82) is 5.26 Å². The van der Waals surface area contributed by atoms with Gasteiger partial charge in [-0.15, -0.1) is 0 Å². The number of nitrogens with one attached hydrogen (secondary N) is 1. The summed E-state index contributed by atoms with van der Waals surface area (Å²) in [7, 11) is 2.04. The zero-order valence-electron chi connectivity index (χ0n) is 24.0. The molecule has 0 spiro atoms. The van der Waals surface area contributed by atoms with Gasteiger partial charge in [0.05, 0.1) is 40.9 Å². The first-order valence-electron chi connectivity index (χ1n) is 14.4. The number of fused-ring (bicyclic) bond motifs is 2. The number of ether oxygens (including phenoxy) is 1. The van der Waals surface area contributed by atoms with Gasteiger partial charge in [-0.25, -0.2) is 4.98 Å². The molecule has 2 fully saturated rings. The van der Waals surface area contributed by atoms with Gasteiger partial charge in [-0.2, -0.15) is 23.5 Å². The topological polar surface area (TPSA) is 105 Å². The van der Waals surface area contributed by atoms with E-state index in [1.165, 1.54) is 18.3 Å². The number of H-pyrrole nitrogens is 1. The van der Waals surface area contributed by atoms with Crippen molar-refractivity contribution in [2.24, 2.45) is 0 Å². The molecule has 0 aliphatic carbocycles. The van der Waals surface area contributed by atoms with Gasteiger partial charge in [0.2, 0.25) is 11.8 Å². The number of likely N-dealkylation sites (tertiary alicyclic amines) is 1. The van der Waals surface area contributed by atoms with Crippen LogP contribution in [0.4, 0.5) is 24.5 Å². The van der Waals surface area contributed by atoms with Crippen molar-refractivity contribution < 1.29 is 22.7 Å². The first kappa shape index (κ1) is 28.8. The molecule has 3 aliphatic heterocycles. The van der Waals surface area contributed by atoms with E-state index >= 15 is 0 Å².